The smallest absolute Gasteiger partial charge is 0.393 e. The zero-order valence-electron chi connectivity index (χ0n) is 17.6. The molecule has 10 heteroatoms. The summed E-state index contributed by atoms with van der Waals surface area (Å²) in [6.07, 6.45) is -1.72. The van der Waals surface area contributed by atoms with E-state index in [1.807, 2.05) is 18.2 Å². The van der Waals surface area contributed by atoms with Gasteiger partial charge in [-0.3, -0.25) is 4.90 Å². The topological polar surface area (TPSA) is 50.3 Å². The van der Waals surface area contributed by atoms with Crippen molar-refractivity contribution in [1.82, 2.24) is 14.9 Å². The minimum atomic E-state index is -4.23. The maximum Gasteiger partial charge on any atom is 0.393 e. The van der Waals surface area contributed by atoms with Crippen LogP contribution in [0.3, 0.4) is 0 Å². The van der Waals surface area contributed by atoms with Crippen molar-refractivity contribution in [2.45, 2.75) is 32.0 Å². The van der Waals surface area contributed by atoms with E-state index in [-0.39, 0.29) is 4.88 Å². The van der Waals surface area contributed by atoms with Crippen LogP contribution >= 0.6 is 22.9 Å². The van der Waals surface area contributed by atoms with Crippen molar-refractivity contribution in [3.8, 4) is 5.75 Å². The first-order chi connectivity index (χ1) is 15.3. The molecule has 4 rings (SSSR count). The van der Waals surface area contributed by atoms with Crippen molar-refractivity contribution in [3.63, 3.8) is 0 Å². The number of fused-ring (bicyclic) bond motifs is 1. The van der Waals surface area contributed by atoms with Crippen molar-refractivity contribution in [2.75, 3.05) is 32.1 Å². The monoisotopic (exact) mass is 484 g/mol. The molecule has 0 aliphatic carbocycles. The van der Waals surface area contributed by atoms with Crippen LogP contribution in [0.5, 0.6) is 5.75 Å². The highest BCUT2D eigenvalue weighted by atomic mass is 35.5. The fraction of sp³-hybridized carbons (Fsp3) is 0.455. The van der Waals surface area contributed by atoms with E-state index in [4.69, 9.17) is 16.3 Å². The first-order valence-electron chi connectivity index (χ1n) is 10.4. The predicted molar refractivity (Wildman–Crippen MR) is 122 cm³/mol. The third kappa shape index (κ3) is 5.82. The van der Waals surface area contributed by atoms with Gasteiger partial charge in [0.25, 0.3) is 0 Å². The van der Waals surface area contributed by atoms with Crippen molar-refractivity contribution >= 4 is 39.0 Å². The second-order valence-electron chi connectivity index (χ2n) is 8.00. The second-order valence-corrected chi connectivity index (χ2v) is 9.53. The summed E-state index contributed by atoms with van der Waals surface area (Å²) in [6, 6.07) is 7.31. The lowest BCUT2D eigenvalue weighted by atomic mass is 9.96. The number of rotatable bonds is 7. The molecule has 1 N–H and O–H groups in total. The third-order valence-electron chi connectivity index (χ3n) is 5.67. The minimum Gasteiger partial charge on any atom is -0.497 e. The Morgan fingerprint density at radius 3 is 2.69 bits per heavy atom. The number of nitrogens with one attached hydrogen (secondary N) is 1. The number of likely N-dealkylation sites (tertiary alicyclic amines) is 1. The summed E-state index contributed by atoms with van der Waals surface area (Å²) in [5.41, 5.74) is 1.08. The maximum atomic E-state index is 12.7. The van der Waals surface area contributed by atoms with Crippen LogP contribution in [0, 0.1) is 5.92 Å². The van der Waals surface area contributed by atoms with Crippen LogP contribution in [-0.4, -0.2) is 47.8 Å². The number of hydrogen-bond donors (Lipinski definition) is 1. The largest absolute Gasteiger partial charge is 0.497 e. The summed E-state index contributed by atoms with van der Waals surface area (Å²) in [4.78, 5) is 11.6. The number of nitrogens with zero attached hydrogens (tertiary/aromatic N) is 3. The average molecular weight is 485 g/mol. The number of halogens is 4. The molecule has 5 nitrogen and oxygen atoms in total. The lowest BCUT2D eigenvalue weighted by Crippen LogP contribution is -2.35. The quantitative estimate of drug-likeness (QED) is 0.460. The van der Waals surface area contributed by atoms with Crippen molar-refractivity contribution in [1.29, 1.82) is 0 Å². The van der Waals surface area contributed by atoms with Gasteiger partial charge >= 0.3 is 6.18 Å². The summed E-state index contributed by atoms with van der Waals surface area (Å²) in [6.45, 7) is 3.45. The first-order valence-corrected chi connectivity index (χ1v) is 11.6. The standard InChI is InChI=1S/C22H24ClF3N4OS/c1-31-16-3-2-15(19(23)8-16)12-30-6-4-14(5-7-30)11-27-20-18-9-17(10-22(24,25)26)32-21(18)29-13-28-20/h2-3,8-9,13-14H,4-7,10-12H2,1H3,(H,27,28,29). The Hall–Kier alpha value is -2.10. The van der Waals surface area contributed by atoms with E-state index in [0.29, 0.717) is 27.0 Å². The number of piperidine rings is 1. The Morgan fingerprint density at radius 2 is 2.00 bits per heavy atom. The highest BCUT2D eigenvalue weighted by molar-refractivity contribution is 7.18. The highest BCUT2D eigenvalue weighted by Crippen LogP contribution is 2.33. The van der Waals surface area contributed by atoms with Gasteiger partial charge < -0.3 is 10.1 Å². The molecule has 0 bridgehead atoms. The molecule has 32 heavy (non-hydrogen) atoms. The zero-order chi connectivity index (χ0) is 22.7. The molecule has 0 spiro atoms. The SMILES string of the molecule is COc1ccc(CN2CCC(CNc3ncnc4sc(CC(F)(F)F)cc34)CC2)c(Cl)c1. The van der Waals surface area contributed by atoms with Crippen LogP contribution in [0.2, 0.25) is 5.02 Å². The van der Waals surface area contributed by atoms with Crippen molar-refractivity contribution in [2.24, 2.45) is 5.92 Å². The van der Waals surface area contributed by atoms with E-state index in [0.717, 1.165) is 61.7 Å². The number of alkyl halides is 3. The minimum absolute atomic E-state index is 0.251. The number of methoxy groups -OCH3 is 1. The molecule has 1 aliphatic heterocycles. The van der Waals surface area contributed by atoms with Gasteiger partial charge in [0.15, 0.2) is 0 Å². The van der Waals surface area contributed by atoms with Crippen LogP contribution in [0.4, 0.5) is 19.0 Å². The number of ether oxygens (including phenoxy) is 1. The Bertz CT molecular complexity index is 1070. The maximum absolute atomic E-state index is 12.7. The number of hydrogen-bond acceptors (Lipinski definition) is 6. The molecule has 3 aromatic rings. The number of thiophene rings is 1. The lowest BCUT2D eigenvalue weighted by Gasteiger charge is -2.32. The van der Waals surface area contributed by atoms with Crippen molar-refractivity contribution in [3.05, 3.63) is 46.1 Å². The number of anilines is 1. The Kier molecular flexibility index (Phi) is 7.07. The summed E-state index contributed by atoms with van der Waals surface area (Å²) in [5, 5.41) is 4.71. The molecule has 1 aliphatic rings. The molecule has 3 heterocycles. The van der Waals surface area contributed by atoms with Gasteiger partial charge in [-0.05, 0) is 55.6 Å². The molecule has 1 fully saturated rings. The number of aromatic nitrogens is 2. The molecule has 172 valence electrons. The Morgan fingerprint density at radius 1 is 1.22 bits per heavy atom. The van der Waals surface area contributed by atoms with E-state index in [9.17, 15) is 13.2 Å². The lowest BCUT2D eigenvalue weighted by molar-refractivity contribution is -0.126. The molecule has 2 aromatic heterocycles. The molecule has 0 unspecified atom stereocenters. The average Bonchev–Trinajstić information content (AvgIpc) is 3.15. The zero-order valence-corrected chi connectivity index (χ0v) is 19.2. The summed E-state index contributed by atoms with van der Waals surface area (Å²) in [5.74, 6) is 1.82. The van der Waals surface area contributed by atoms with Gasteiger partial charge in [0.1, 0.15) is 22.7 Å². The Labute approximate surface area is 193 Å². The first kappa shape index (κ1) is 23.1. The highest BCUT2D eigenvalue weighted by Gasteiger charge is 2.29. The molecule has 0 atom stereocenters. The molecule has 0 amide bonds. The van der Waals surface area contributed by atoms with Gasteiger partial charge in [-0.15, -0.1) is 11.3 Å². The third-order valence-corrected chi connectivity index (χ3v) is 7.07. The van der Waals surface area contributed by atoms with E-state index in [1.54, 1.807) is 13.2 Å². The molecular formula is C22H24ClF3N4OS. The van der Waals surface area contributed by atoms with Gasteiger partial charge in [-0.2, -0.15) is 13.2 Å². The number of benzene rings is 1. The predicted octanol–water partition coefficient (Wildman–Crippen LogP) is 5.78. The van der Waals surface area contributed by atoms with Crippen LogP contribution in [0.1, 0.15) is 23.3 Å². The molecule has 1 saturated heterocycles. The molecular weight excluding hydrogens is 461 g/mol. The molecule has 1 aromatic carbocycles. The second kappa shape index (κ2) is 9.80. The molecule has 0 radical (unpaired) electrons. The van der Waals surface area contributed by atoms with E-state index in [2.05, 4.69) is 20.2 Å². The van der Waals surface area contributed by atoms with E-state index < -0.39 is 12.6 Å². The summed E-state index contributed by atoms with van der Waals surface area (Å²) < 4.78 is 43.4. The summed E-state index contributed by atoms with van der Waals surface area (Å²) in [7, 11) is 1.62. The fourth-order valence-electron chi connectivity index (χ4n) is 3.94. The van der Waals surface area contributed by atoms with E-state index in [1.165, 1.54) is 6.33 Å². The van der Waals surface area contributed by atoms with Gasteiger partial charge in [-0.25, -0.2) is 9.97 Å². The molecule has 0 saturated carbocycles. The van der Waals surface area contributed by atoms with Crippen LogP contribution in [0.15, 0.2) is 30.6 Å². The van der Waals surface area contributed by atoms with Gasteiger partial charge in [0, 0.05) is 23.0 Å². The van der Waals surface area contributed by atoms with Crippen LogP contribution in [0.25, 0.3) is 10.2 Å². The van der Waals surface area contributed by atoms with Crippen LogP contribution < -0.4 is 10.1 Å². The van der Waals surface area contributed by atoms with Gasteiger partial charge in [-0.1, -0.05) is 17.7 Å². The summed E-state index contributed by atoms with van der Waals surface area (Å²) >= 11 is 7.44. The fourth-order valence-corrected chi connectivity index (χ4v) is 5.20. The van der Waals surface area contributed by atoms with Crippen LogP contribution in [-0.2, 0) is 13.0 Å². The normalized spacial score (nSPS) is 15.9. The van der Waals surface area contributed by atoms with E-state index >= 15 is 0 Å². The van der Waals surface area contributed by atoms with Gasteiger partial charge in [0.2, 0.25) is 0 Å². The van der Waals surface area contributed by atoms with Crippen molar-refractivity contribution < 1.29 is 17.9 Å². The van der Waals surface area contributed by atoms with Gasteiger partial charge in [0.05, 0.1) is 18.9 Å². The Balaban J connectivity index is 1.31.